The van der Waals surface area contributed by atoms with E-state index in [1.165, 1.54) is 0 Å². The number of imidazole rings is 1. The number of rotatable bonds is 2. The van der Waals surface area contributed by atoms with Crippen LogP contribution in [-0.4, -0.2) is 20.5 Å². The normalized spacial score (nSPS) is 10.8. The maximum atomic E-state index is 10.9. The van der Waals surface area contributed by atoms with E-state index in [-0.39, 0.29) is 5.56 Å². The van der Waals surface area contributed by atoms with Crippen molar-refractivity contribution >= 4 is 27.5 Å². The monoisotopic (exact) mass is 316 g/mol. The molecule has 1 N–H and O–H groups in total. The van der Waals surface area contributed by atoms with E-state index in [0.29, 0.717) is 0 Å². The molecule has 0 unspecified atom stereocenters. The van der Waals surface area contributed by atoms with Gasteiger partial charge in [-0.25, -0.2) is 9.78 Å². The number of pyridine rings is 1. The first-order chi connectivity index (χ1) is 9.15. The summed E-state index contributed by atoms with van der Waals surface area (Å²) in [6, 6.07) is 11.0. The molecule has 0 aliphatic heterocycles. The zero-order chi connectivity index (χ0) is 13.4. The maximum Gasteiger partial charge on any atom is 0.337 e. The predicted molar refractivity (Wildman–Crippen MR) is 75.3 cm³/mol. The summed E-state index contributed by atoms with van der Waals surface area (Å²) < 4.78 is 2.68. The van der Waals surface area contributed by atoms with E-state index in [1.807, 2.05) is 30.5 Å². The summed E-state index contributed by atoms with van der Waals surface area (Å²) in [5.74, 6) is -0.946. The van der Waals surface area contributed by atoms with E-state index in [9.17, 15) is 4.79 Å². The highest BCUT2D eigenvalue weighted by molar-refractivity contribution is 9.10. The van der Waals surface area contributed by atoms with Crippen LogP contribution in [0.5, 0.6) is 0 Å². The average Bonchev–Trinajstić information content (AvgIpc) is 2.81. The van der Waals surface area contributed by atoms with Gasteiger partial charge < -0.3 is 9.51 Å². The molecule has 0 saturated carbocycles. The molecule has 2 heterocycles. The molecule has 0 spiro atoms. The fourth-order valence-electron chi connectivity index (χ4n) is 1.92. The second-order valence-corrected chi connectivity index (χ2v) is 4.95. The number of carboxylic acids is 1. The summed E-state index contributed by atoms with van der Waals surface area (Å²) in [6.07, 6.45) is 3.38. The molecule has 0 saturated heterocycles. The van der Waals surface area contributed by atoms with Crippen molar-refractivity contribution in [3.05, 3.63) is 58.8 Å². The highest BCUT2D eigenvalue weighted by Gasteiger charge is 2.09. The largest absolute Gasteiger partial charge is 0.478 e. The zero-order valence-corrected chi connectivity index (χ0v) is 11.3. The third-order valence-corrected chi connectivity index (χ3v) is 3.54. The van der Waals surface area contributed by atoms with E-state index < -0.39 is 5.97 Å². The minimum absolute atomic E-state index is 0.239. The second kappa shape index (κ2) is 4.51. The van der Waals surface area contributed by atoms with Crippen LogP contribution in [0.15, 0.2) is 53.3 Å². The van der Waals surface area contributed by atoms with Crippen molar-refractivity contribution in [2.45, 2.75) is 0 Å². The Hall–Kier alpha value is -2.14. The van der Waals surface area contributed by atoms with Gasteiger partial charge >= 0.3 is 5.97 Å². The van der Waals surface area contributed by atoms with E-state index in [1.54, 1.807) is 22.7 Å². The van der Waals surface area contributed by atoms with E-state index in [0.717, 1.165) is 21.4 Å². The number of halogens is 1. The van der Waals surface area contributed by atoms with Gasteiger partial charge in [0.25, 0.3) is 0 Å². The lowest BCUT2D eigenvalue weighted by molar-refractivity contribution is 0.0696. The topological polar surface area (TPSA) is 54.6 Å². The lowest BCUT2D eigenvalue weighted by Crippen LogP contribution is -1.97. The Morgan fingerprint density at radius 2 is 1.95 bits per heavy atom. The Balaban J connectivity index is 2.17. The third-order valence-electron chi connectivity index (χ3n) is 2.85. The molecule has 0 bridgehead atoms. The van der Waals surface area contributed by atoms with Crippen LogP contribution in [0.4, 0.5) is 0 Å². The first-order valence-electron chi connectivity index (χ1n) is 5.62. The van der Waals surface area contributed by atoms with Crippen molar-refractivity contribution in [3.8, 4) is 11.3 Å². The molecule has 5 heteroatoms. The zero-order valence-electron chi connectivity index (χ0n) is 9.75. The summed E-state index contributed by atoms with van der Waals surface area (Å²) in [5.41, 5.74) is 2.73. The Morgan fingerprint density at radius 3 is 2.68 bits per heavy atom. The number of benzene rings is 1. The average molecular weight is 317 g/mol. The van der Waals surface area contributed by atoms with E-state index in [2.05, 4.69) is 20.9 Å². The molecule has 19 heavy (non-hydrogen) atoms. The lowest BCUT2D eigenvalue weighted by atomic mass is 10.2. The van der Waals surface area contributed by atoms with Crippen LogP contribution in [0.3, 0.4) is 0 Å². The molecule has 0 atom stereocenters. The van der Waals surface area contributed by atoms with Gasteiger partial charge in [-0.1, -0.05) is 34.1 Å². The van der Waals surface area contributed by atoms with Crippen LogP contribution in [-0.2, 0) is 0 Å². The maximum absolute atomic E-state index is 10.9. The smallest absolute Gasteiger partial charge is 0.337 e. The molecule has 1 aromatic carbocycles. The van der Waals surface area contributed by atoms with Crippen molar-refractivity contribution < 1.29 is 9.90 Å². The number of carbonyl (C=O) groups is 1. The van der Waals surface area contributed by atoms with Crippen LogP contribution in [0.2, 0.25) is 0 Å². The quantitative estimate of drug-likeness (QED) is 0.787. The van der Waals surface area contributed by atoms with E-state index >= 15 is 0 Å². The molecule has 0 aliphatic rings. The van der Waals surface area contributed by atoms with Crippen molar-refractivity contribution in [3.63, 3.8) is 0 Å². The van der Waals surface area contributed by atoms with Gasteiger partial charge in [-0.3, -0.25) is 0 Å². The van der Waals surface area contributed by atoms with Gasteiger partial charge in [0.1, 0.15) is 5.65 Å². The van der Waals surface area contributed by atoms with Crippen LogP contribution in [0, 0.1) is 0 Å². The molecular weight excluding hydrogens is 308 g/mol. The van der Waals surface area contributed by atoms with E-state index in [4.69, 9.17) is 5.11 Å². The van der Waals surface area contributed by atoms with Gasteiger partial charge in [0.05, 0.1) is 11.3 Å². The Labute approximate surface area is 117 Å². The molecule has 0 amide bonds. The van der Waals surface area contributed by atoms with Gasteiger partial charge in [-0.15, -0.1) is 0 Å². The van der Waals surface area contributed by atoms with Crippen LogP contribution < -0.4 is 0 Å². The van der Waals surface area contributed by atoms with Gasteiger partial charge in [-0.05, 0) is 18.2 Å². The Bertz CT molecular complexity index is 780. The summed E-state index contributed by atoms with van der Waals surface area (Å²) in [4.78, 5) is 15.4. The fourth-order valence-corrected chi connectivity index (χ4v) is 2.40. The Kier molecular flexibility index (Phi) is 2.83. The highest BCUT2D eigenvalue weighted by Crippen LogP contribution is 2.27. The predicted octanol–water partition coefficient (Wildman–Crippen LogP) is 3.46. The molecule has 0 aliphatic carbocycles. The van der Waals surface area contributed by atoms with Crippen LogP contribution in [0.25, 0.3) is 16.9 Å². The molecule has 0 fully saturated rings. The number of fused-ring (bicyclic) bond motifs is 1. The fraction of sp³-hybridized carbons (Fsp3) is 0. The minimum Gasteiger partial charge on any atom is -0.478 e. The third kappa shape index (κ3) is 2.13. The number of aromatic nitrogens is 2. The lowest BCUT2D eigenvalue weighted by Gasteiger charge is -1.98. The number of hydrogen-bond acceptors (Lipinski definition) is 2. The first kappa shape index (κ1) is 11.9. The first-order valence-corrected chi connectivity index (χ1v) is 6.41. The van der Waals surface area contributed by atoms with Crippen LogP contribution >= 0.6 is 15.9 Å². The number of aromatic carboxylic acids is 1. The van der Waals surface area contributed by atoms with Crippen LogP contribution in [0.1, 0.15) is 10.4 Å². The van der Waals surface area contributed by atoms with Gasteiger partial charge in [-0.2, -0.15) is 0 Å². The summed E-state index contributed by atoms with van der Waals surface area (Å²) >= 11 is 3.48. The minimum atomic E-state index is -0.946. The van der Waals surface area contributed by atoms with Crippen molar-refractivity contribution in [1.29, 1.82) is 0 Å². The standard InChI is InChI=1S/C14H9BrN2O2/c15-11-4-2-1-3-10(11)12-8-17-7-9(14(18)19)5-6-13(17)16-12/h1-8H,(H,18,19). The van der Waals surface area contributed by atoms with Gasteiger partial charge in [0.2, 0.25) is 0 Å². The Morgan fingerprint density at radius 1 is 1.16 bits per heavy atom. The SMILES string of the molecule is O=C(O)c1ccc2nc(-c3ccccc3Br)cn2c1. The molecule has 94 valence electrons. The molecular formula is C14H9BrN2O2. The molecule has 3 aromatic rings. The molecule has 4 nitrogen and oxygen atoms in total. The van der Waals surface area contributed by atoms with Gasteiger partial charge in [0, 0.05) is 22.4 Å². The summed E-state index contributed by atoms with van der Waals surface area (Å²) in [6.45, 7) is 0. The van der Waals surface area contributed by atoms with Gasteiger partial charge in [0.15, 0.2) is 0 Å². The number of nitrogens with zero attached hydrogens (tertiary/aromatic N) is 2. The van der Waals surface area contributed by atoms with Crippen molar-refractivity contribution in [1.82, 2.24) is 9.38 Å². The number of hydrogen-bond donors (Lipinski definition) is 1. The van der Waals surface area contributed by atoms with Crippen molar-refractivity contribution in [2.24, 2.45) is 0 Å². The summed E-state index contributed by atoms with van der Waals surface area (Å²) in [5, 5.41) is 8.97. The number of carboxylic acid groups (broad SMARTS) is 1. The second-order valence-electron chi connectivity index (χ2n) is 4.09. The summed E-state index contributed by atoms with van der Waals surface area (Å²) in [7, 11) is 0. The molecule has 3 rings (SSSR count). The highest BCUT2D eigenvalue weighted by atomic mass is 79.9. The molecule has 2 aromatic heterocycles. The molecule has 0 radical (unpaired) electrons. The van der Waals surface area contributed by atoms with Crippen molar-refractivity contribution in [2.75, 3.05) is 0 Å².